The molecular weight excluding hydrogens is 538 g/mol. The summed E-state index contributed by atoms with van der Waals surface area (Å²) in [5, 5.41) is 5.77. The summed E-state index contributed by atoms with van der Waals surface area (Å²) in [6.07, 6.45) is 3.89. The highest BCUT2D eigenvalue weighted by Crippen LogP contribution is 2.34. The van der Waals surface area contributed by atoms with E-state index in [4.69, 9.17) is 9.47 Å². The van der Waals surface area contributed by atoms with Crippen molar-refractivity contribution in [1.29, 1.82) is 0 Å². The Hall–Kier alpha value is -3.46. The third kappa shape index (κ3) is 9.85. The first-order valence-electron chi connectivity index (χ1n) is 13.7. The number of rotatable bonds is 13. The van der Waals surface area contributed by atoms with Crippen LogP contribution in [-0.4, -0.2) is 59.1 Å². The van der Waals surface area contributed by atoms with Crippen LogP contribution in [0.25, 0.3) is 6.08 Å². The van der Waals surface area contributed by atoms with Crippen LogP contribution in [-0.2, 0) is 14.3 Å². The van der Waals surface area contributed by atoms with Crippen LogP contribution in [0.1, 0.15) is 71.6 Å². The monoisotopic (exact) mass is 583 g/mol. The summed E-state index contributed by atoms with van der Waals surface area (Å²) in [5.41, 5.74) is 0.525. The van der Waals surface area contributed by atoms with Crippen molar-refractivity contribution >= 4 is 41.4 Å². The van der Waals surface area contributed by atoms with Gasteiger partial charge in [-0.3, -0.25) is 9.59 Å². The van der Waals surface area contributed by atoms with E-state index in [0.29, 0.717) is 35.6 Å². The highest BCUT2D eigenvalue weighted by Gasteiger charge is 2.43. The van der Waals surface area contributed by atoms with Crippen molar-refractivity contribution in [3.8, 4) is 5.75 Å². The Kier molecular flexibility index (Phi) is 12.3. The Bertz CT molecular complexity index is 1190. The highest BCUT2D eigenvalue weighted by atomic mass is 32.2. The first-order valence-corrected chi connectivity index (χ1v) is 15.1. The van der Waals surface area contributed by atoms with Gasteiger partial charge in [-0.05, 0) is 101 Å². The lowest BCUT2D eigenvalue weighted by Crippen LogP contribution is -2.59. The van der Waals surface area contributed by atoms with E-state index in [0.717, 1.165) is 5.56 Å². The van der Waals surface area contributed by atoms with Gasteiger partial charge in [0.25, 0.3) is 5.91 Å². The molecule has 0 saturated carbocycles. The average Bonchev–Trinajstić information content (AvgIpc) is 2.92. The minimum absolute atomic E-state index is 0.365. The fourth-order valence-corrected chi connectivity index (χ4v) is 4.69. The molecule has 0 aliphatic heterocycles. The van der Waals surface area contributed by atoms with Gasteiger partial charge in [0.15, 0.2) is 0 Å². The summed E-state index contributed by atoms with van der Waals surface area (Å²) < 4.78 is 10.7. The number of benzene rings is 2. The van der Waals surface area contributed by atoms with Gasteiger partial charge in [0, 0.05) is 11.2 Å². The number of nitrogens with one attached hydrogen (secondary N) is 2. The van der Waals surface area contributed by atoms with Gasteiger partial charge in [-0.1, -0.05) is 37.8 Å². The largest absolute Gasteiger partial charge is 0.497 e. The summed E-state index contributed by atoms with van der Waals surface area (Å²) in [7, 11) is 1.57. The van der Waals surface area contributed by atoms with Crippen LogP contribution in [0.4, 0.5) is 10.5 Å². The molecule has 3 amide bonds. The van der Waals surface area contributed by atoms with Crippen LogP contribution in [0.2, 0.25) is 0 Å². The molecule has 0 aliphatic rings. The number of methoxy groups -OCH3 is 1. The average molecular weight is 584 g/mol. The maximum Gasteiger partial charge on any atom is 0.408 e. The second-order valence-corrected chi connectivity index (χ2v) is 12.3. The van der Waals surface area contributed by atoms with Gasteiger partial charge in [0.1, 0.15) is 23.4 Å². The molecule has 41 heavy (non-hydrogen) atoms. The highest BCUT2D eigenvalue weighted by molar-refractivity contribution is 7.98. The number of nitrogens with zero attached hydrogens (tertiary/aromatic N) is 1. The molecule has 0 aliphatic carbocycles. The molecule has 2 atom stereocenters. The Balaban J connectivity index is 2.64. The first-order chi connectivity index (χ1) is 19.3. The number of hydrogen-bond donors (Lipinski definition) is 2. The van der Waals surface area contributed by atoms with Crippen LogP contribution in [0, 0.1) is 0 Å². The maximum atomic E-state index is 14.5. The van der Waals surface area contributed by atoms with E-state index in [1.807, 2.05) is 51.3 Å². The van der Waals surface area contributed by atoms with Crippen LogP contribution in [0.3, 0.4) is 0 Å². The number of anilines is 1. The Morgan fingerprint density at radius 3 is 2.27 bits per heavy atom. The quantitative estimate of drug-likeness (QED) is 0.273. The lowest BCUT2D eigenvalue weighted by atomic mass is 9.91. The van der Waals surface area contributed by atoms with Crippen molar-refractivity contribution in [2.45, 2.75) is 77.6 Å². The predicted molar refractivity (Wildman–Crippen MR) is 168 cm³/mol. The molecule has 0 saturated heterocycles. The van der Waals surface area contributed by atoms with E-state index in [2.05, 4.69) is 17.2 Å². The molecule has 0 aromatic heterocycles. The summed E-state index contributed by atoms with van der Waals surface area (Å²) in [5.74, 6) is 0.538. The van der Waals surface area contributed by atoms with Gasteiger partial charge in [-0.25, -0.2) is 4.79 Å². The minimum atomic E-state index is -1.00. The van der Waals surface area contributed by atoms with Gasteiger partial charge in [-0.15, -0.1) is 0 Å². The molecule has 8 nitrogen and oxygen atoms in total. The van der Waals surface area contributed by atoms with E-state index < -0.39 is 29.3 Å². The number of thioether (sulfide) groups is 1. The number of alkyl carbamates (subject to hydrolysis) is 1. The summed E-state index contributed by atoms with van der Waals surface area (Å²) in [6, 6.07) is 12.5. The van der Waals surface area contributed by atoms with Crippen LogP contribution in [0.15, 0.2) is 55.1 Å². The summed E-state index contributed by atoms with van der Waals surface area (Å²) in [4.78, 5) is 43.1. The lowest BCUT2D eigenvalue weighted by Gasteiger charge is -2.44. The van der Waals surface area contributed by atoms with Gasteiger partial charge in [-0.2, -0.15) is 11.8 Å². The van der Waals surface area contributed by atoms with Crippen molar-refractivity contribution in [3.05, 3.63) is 66.2 Å². The molecule has 0 spiro atoms. The fraction of sp³-hybridized carbons (Fsp3) is 0.469. The zero-order chi connectivity index (χ0) is 30.8. The van der Waals surface area contributed by atoms with Crippen molar-refractivity contribution in [3.63, 3.8) is 0 Å². The summed E-state index contributed by atoms with van der Waals surface area (Å²) >= 11 is 1.57. The third-order valence-corrected chi connectivity index (χ3v) is 7.32. The number of carbonyl (C=O) groups is 3. The molecule has 0 bridgehead atoms. The van der Waals surface area contributed by atoms with Crippen molar-refractivity contribution in [2.24, 2.45) is 0 Å². The van der Waals surface area contributed by atoms with Crippen molar-refractivity contribution < 1.29 is 23.9 Å². The molecule has 0 fully saturated rings. The van der Waals surface area contributed by atoms with Gasteiger partial charge < -0.3 is 25.0 Å². The fourth-order valence-electron chi connectivity index (χ4n) is 4.21. The Labute approximate surface area is 249 Å². The summed E-state index contributed by atoms with van der Waals surface area (Å²) in [6.45, 7) is 15.0. The topological polar surface area (TPSA) is 97.0 Å². The van der Waals surface area contributed by atoms with E-state index in [9.17, 15) is 14.4 Å². The molecular formula is C32H45N3O5S. The number of hydrogen-bond acceptors (Lipinski definition) is 6. The zero-order valence-electron chi connectivity index (χ0n) is 25.6. The van der Waals surface area contributed by atoms with Crippen LogP contribution < -0.4 is 15.4 Å². The van der Waals surface area contributed by atoms with Crippen molar-refractivity contribution in [1.82, 2.24) is 10.2 Å². The maximum absolute atomic E-state index is 14.5. The van der Waals surface area contributed by atoms with Crippen LogP contribution >= 0.6 is 11.8 Å². The predicted octanol–water partition coefficient (Wildman–Crippen LogP) is 6.68. The molecule has 9 heteroatoms. The zero-order valence-corrected chi connectivity index (χ0v) is 26.4. The molecule has 0 radical (unpaired) electrons. The minimum Gasteiger partial charge on any atom is -0.497 e. The molecule has 224 valence electrons. The molecule has 2 rings (SSSR count). The van der Waals surface area contributed by atoms with Gasteiger partial charge >= 0.3 is 6.09 Å². The van der Waals surface area contributed by atoms with Crippen molar-refractivity contribution in [2.75, 3.05) is 24.4 Å². The molecule has 2 aromatic rings. The standard InChI is InChI=1S/C32H45N3O5S/c1-10-22-13-12-14-23(21-22)27(28(36)33-24-15-17-25(39-8)18-16-24)35(32(6,7)11-2)29(37)26(19-20-41-9)34-30(38)40-31(3,4)5/h10,12-18,21,26-27H,1,11,19-20H2,2-9H3,(H,33,36)(H,34,38). The van der Waals surface area contributed by atoms with Gasteiger partial charge in [0.2, 0.25) is 5.91 Å². The van der Waals surface area contributed by atoms with Gasteiger partial charge in [0.05, 0.1) is 7.11 Å². The Morgan fingerprint density at radius 1 is 1.07 bits per heavy atom. The van der Waals surface area contributed by atoms with E-state index >= 15 is 0 Å². The second-order valence-electron chi connectivity index (χ2n) is 11.3. The number of amides is 3. The smallest absolute Gasteiger partial charge is 0.408 e. The second kappa shape index (κ2) is 15.0. The molecule has 2 aromatic carbocycles. The van der Waals surface area contributed by atoms with E-state index in [-0.39, 0.29) is 11.8 Å². The molecule has 2 N–H and O–H groups in total. The van der Waals surface area contributed by atoms with E-state index in [1.165, 1.54) is 0 Å². The normalized spacial score (nSPS) is 13.0. The molecule has 2 unspecified atom stereocenters. The third-order valence-electron chi connectivity index (χ3n) is 6.68. The lowest BCUT2D eigenvalue weighted by molar-refractivity contribution is -0.147. The number of carbonyl (C=O) groups excluding carboxylic acids is 3. The SMILES string of the molecule is C=Cc1cccc(C(C(=O)Nc2ccc(OC)cc2)N(C(=O)C(CCSC)NC(=O)OC(C)(C)C)C(C)(C)CC)c1. The van der Waals surface area contributed by atoms with Crippen LogP contribution in [0.5, 0.6) is 5.75 Å². The molecule has 0 heterocycles. The van der Waals surface area contributed by atoms with E-state index in [1.54, 1.807) is 74.9 Å². The Morgan fingerprint density at radius 2 is 1.73 bits per heavy atom. The number of ether oxygens (including phenoxy) is 2. The first kappa shape index (κ1) is 33.7.